The first-order chi connectivity index (χ1) is 12.6. The Kier molecular flexibility index (Phi) is 6.00. The highest BCUT2D eigenvalue weighted by Gasteiger charge is 2.13. The first-order valence-electron chi connectivity index (χ1n) is 8.20. The van der Waals surface area contributed by atoms with Crippen molar-refractivity contribution >= 4 is 40.2 Å². The third-order valence-corrected chi connectivity index (χ3v) is 4.91. The molecule has 3 rings (SSSR count). The van der Waals surface area contributed by atoms with E-state index < -0.39 is 0 Å². The zero-order chi connectivity index (χ0) is 18.5. The lowest BCUT2D eigenvalue weighted by molar-refractivity contribution is -0.118. The maximum Gasteiger partial charge on any atom is 0.262 e. The Balaban J connectivity index is 1.78. The van der Waals surface area contributed by atoms with Crippen molar-refractivity contribution in [3.63, 3.8) is 0 Å². The Morgan fingerprint density at radius 1 is 1.38 bits per heavy atom. The van der Waals surface area contributed by atoms with Crippen LogP contribution in [0, 0.1) is 0 Å². The van der Waals surface area contributed by atoms with E-state index in [9.17, 15) is 9.59 Å². The summed E-state index contributed by atoms with van der Waals surface area (Å²) in [5.41, 5.74) is 0.417. The number of carbonyl (C=O) groups excluding carboxylic acids is 1. The van der Waals surface area contributed by atoms with Crippen LogP contribution in [0.25, 0.3) is 10.9 Å². The number of hydrogen-bond acceptors (Lipinski definition) is 5. The van der Waals surface area contributed by atoms with Crippen molar-refractivity contribution in [3.05, 3.63) is 57.7 Å². The molecule has 0 radical (unpaired) electrons. The number of nitrogens with one attached hydrogen (secondary N) is 1. The summed E-state index contributed by atoms with van der Waals surface area (Å²) in [6, 6.07) is 8.59. The van der Waals surface area contributed by atoms with Crippen molar-refractivity contribution < 1.29 is 9.21 Å². The van der Waals surface area contributed by atoms with Crippen LogP contribution in [0.4, 0.5) is 0 Å². The Hall–Kier alpha value is -2.25. The predicted molar refractivity (Wildman–Crippen MR) is 103 cm³/mol. The molecule has 1 amide bonds. The third-order valence-electron chi connectivity index (χ3n) is 3.70. The van der Waals surface area contributed by atoms with E-state index in [2.05, 4.69) is 10.3 Å². The summed E-state index contributed by atoms with van der Waals surface area (Å²) in [5, 5.41) is 4.33. The van der Waals surface area contributed by atoms with Crippen LogP contribution in [0.5, 0.6) is 0 Å². The van der Waals surface area contributed by atoms with E-state index in [0.29, 0.717) is 39.9 Å². The molecular weight excluding hydrogens is 374 g/mol. The highest BCUT2D eigenvalue weighted by Crippen LogP contribution is 2.20. The fourth-order valence-corrected chi connectivity index (χ4v) is 3.51. The number of thioether (sulfide) groups is 1. The molecule has 8 heteroatoms. The number of carbonyl (C=O) groups is 1. The predicted octanol–water partition coefficient (Wildman–Crippen LogP) is 3.46. The number of fused-ring (bicyclic) bond motifs is 1. The Labute approximate surface area is 159 Å². The lowest BCUT2D eigenvalue weighted by Crippen LogP contribution is -2.26. The Bertz CT molecular complexity index is 970. The molecule has 0 unspecified atom stereocenters. The minimum Gasteiger partial charge on any atom is -0.467 e. The Morgan fingerprint density at radius 2 is 2.23 bits per heavy atom. The SMILES string of the molecule is CCCn1c(SCC(=O)NCc2ccco2)nc2cc(Cl)ccc2c1=O. The summed E-state index contributed by atoms with van der Waals surface area (Å²) in [7, 11) is 0. The summed E-state index contributed by atoms with van der Waals surface area (Å²) in [6.07, 6.45) is 2.35. The molecule has 0 aliphatic carbocycles. The van der Waals surface area contributed by atoms with Crippen LogP contribution in [-0.2, 0) is 17.9 Å². The molecule has 1 N–H and O–H groups in total. The van der Waals surface area contributed by atoms with Crippen LogP contribution in [0.1, 0.15) is 19.1 Å². The second-order valence-electron chi connectivity index (χ2n) is 5.66. The van der Waals surface area contributed by atoms with Gasteiger partial charge in [0.2, 0.25) is 5.91 Å². The second kappa shape index (κ2) is 8.42. The second-order valence-corrected chi connectivity index (χ2v) is 7.04. The average Bonchev–Trinajstić information content (AvgIpc) is 3.14. The molecule has 0 aliphatic rings. The van der Waals surface area contributed by atoms with Crippen LogP contribution in [-0.4, -0.2) is 21.2 Å². The lowest BCUT2D eigenvalue weighted by Gasteiger charge is -2.12. The van der Waals surface area contributed by atoms with E-state index in [0.717, 1.165) is 6.42 Å². The fourth-order valence-electron chi connectivity index (χ4n) is 2.48. The first-order valence-corrected chi connectivity index (χ1v) is 9.57. The van der Waals surface area contributed by atoms with E-state index >= 15 is 0 Å². The number of furan rings is 1. The maximum absolute atomic E-state index is 12.7. The molecule has 2 aromatic heterocycles. The van der Waals surface area contributed by atoms with Crippen molar-refractivity contribution in [2.45, 2.75) is 31.6 Å². The molecule has 136 valence electrons. The highest BCUT2D eigenvalue weighted by molar-refractivity contribution is 7.99. The van der Waals surface area contributed by atoms with E-state index in [4.69, 9.17) is 16.0 Å². The number of hydrogen-bond donors (Lipinski definition) is 1. The smallest absolute Gasteiger partial charge is 0.262 e. The molecule has 0 aliphatic heterocycles. The van der Waals surface area contributed by atoms with E-state index in [-0.39, 0.29) is 17.2 Å². The summed E-state index contributed by atoms with van der Waals surface area (Å²) >= 11 is 7.25. The van der Waals surface area contributed by atoms with Gasteiger partial charge < -0.3 is 9.73 Å². The van der Waals surface area contributed by atoms with Crippen LogP contribution in [0.3, 0.4) is 0 Å². The number of nitrogens with zero attached hydrogens (tertiary/aromatic N) is 2. The van der Waals surface area contributed by atoms with Gasteiger partial charge in [-0.3, -0.25) is 14.2 Å². The Morgan fingerprint density at radius 3 is 2.96 bits per heavy atom. The third kappa shape index (κ3) is 4.28. The van der Waals surface area contributed by atoms with Gasteiger partial charge in [0.25, 0.3) is 5.56 Å². The molecule has 2 heterocycles. The number of benzene rings is 1. The average molecular weight is 392 g/mol. The molecule has 0 spiro atoms. The van der Waals surface area contributed by atoms with E-state index in [1.54, 1.807) is 41.2 Å². The number of aromatic nitrogens is 2. The van der Waals surface area contributed by atoms with Crippen molar-refractivity contribution in [1.29, 1.82) is 0 Å². The van der Waals surface area contributed by atoms with Crippen molar-refractivity contribution in [3.8, 4) is 0 Å². The van der Waals surface area contributed by atoms with E-state index in [1.807, 2.05) is 6.92 Å². The van der Waals surface area contributed by atoms with Gasteiger partial charge in [0.05, 0.1) is 29.5 Å². The molecular formula is C18H18ClN3O3S. The molecule has 0 fully saturated rings. The van der Waals surface area contributed by atoms with Gasteiger partial charge in [0.1, 0.15) is 5.76 Å². The number of rotatable bonds is 7. The standard InChI is InChI=1S/C18H18ClN3O3S/c1-2-7-22-17(24)14-6-5-12(19)9-15(14)21-18(22)26-11-16(23)20-10-13-4-3-8-25-13/h3-6,8-9H,2,7,10-11H2,1H3,(H,20,23). The molecule has 0 saturated heterocycles. The molecule has 0 atom stereocenters. The van der Waals surface area contributed by atoms with Gasteiger partial charge in [-0.15, -0.1) is 0 Å². The van der Waals surface area contributed by atoms with Crippen LogP contribution in [0.2, 0.25) is 5.02 Å². The summed E-state index contributed by atoms with van der Waals surface area (Å²) < 4.78 is 6.79. The number of halogens is 1. The van der Waals surface area contributed by atoms with Crippen molar-refractivity contribution in [2.75, 3.05) is 5.75 Å². The first kappa shape index (κ1) is 18.5. The van der Waals surface area contributed by atoms with Crippen LogP contribution < -0.4 is 10.9 Å². The summed E-state index contributed by atoms with van der Waals surface area (Å²) in [4.78, 5) is 29.3. The summed E-state index contributed by atoms with van der Waals surface area (Å²) in [6.45, 7) is 2.86. The quantitative estimate of drug-likeness (QED) is 0.493. The molecule has 26 heavy (non-hydrogen) atoms. The van der Waals surface area contributed by atoms with Crippen LogP contribution in [0.15, 0.2) is 51.0 Å². The van der Waals surface area contributed by atoms with Crippen LogP contribution >= 0.6 is 23.4 Å². The number of amides is 1. The largest absolute Gasteiger partial charge is 0.467 e. The lowest BCUT2D eigenvalue weighted by atomic mass is 10.2. The molecule has 6 nitrogen and oxygen atoms in total. The zero-order valence-electron chi connectivity index (χ0n) is 14.2. The monoisotopic (exact) mass is 391 g/mol. The van der Waals surface area contributed by atoms with Gasteiger partial charge in [-0.05, 0) is 36.8 Å². The van der Waals surface area contributed by atoms with Gasteiger partial charge in [0.15, 0.2) is 5.16 Å². The van der Waals surface area contributed by atoms with Gasteiger partial charge in [-0.1, -0.05) is 30.3 Å². The van der Waals surface area contributed by atoms with Gasteiger partial charge in [-0.25, -0.2) is 4.98 Å². The van der Waals surface area contributed by atoms with Gasteiger partial charge in [0, 0.05) is 11.6 Å². The summed E-state index contributed by atoms with van der Waals surface area (Å²) in [5.74, 6) is 0.683. The minimum absolute atomic E-state index is 0.119. The zero-order valence-corrected chi connectivity index (χ0v) is 15.8. The topological polar surface area (TPSA) is 77.1 Å². The van der Waals surface area contributed by atoms with Crippen molar-refractivity contribution in [1.82, 2.24) is 14.9 Å². The highest BCUT2D eigenvalue weighted by atomic mass is 35.5. The molecule has 0 saturated carbocycles. The molecule has 1 aromatic carbocycles. The maximum atomic E-state index is 12.7. The van der Waals surface area contributed by atoms with E-state index in [1.165, 1.54) is 11.8 Å². The fraction of sp³-hybridized carbons (Fsp3) is 0.278. The molecule has 3 aromatic rings. The van der Waals surface area contributed by atoms with Gasteiger partial charge >= 0.3 is 0 Å². The molecule has 0 bridgehead atoms. The van der Waals surface area contributed by atoms with Crippen molar-refractivity contribution in [2.24, 2.45) is 0 Å². The minimum atomic E-state index is -0.158. The normalized spacial score (nSPS) is 11.0. The van der Waals surface area contributed by atoms with Gasteiger partial charge in [-0.2, -0.15) is 0 Å².